The molecular formula is C29H28FN7O6S2. The van der Waals surface area contributed by atoms with Crippen molar-refractivity contribution in [2.75, 3.05) is 31.8 Å². The van der Waals surface area contributed by atoms with Crippen molar-refractivity contribution in [1.82, 2.24) is 29.2 Å². The zero-order valence-electron chi connectivity index (χ0n) is 24.6. The van der Waals surface area contributed by atoms with Crippen LogP contribution < -0.4 is 14.8 Å². The van der Waals surface area contributed by atoms with Gasteiger partial charge in [-0.05, 0) is 31.5 Å². The fourth-order valence-corrected chi connectivity index (χ4v) is 6.81. The first-order valence-electron chi connectivity index (χ1n) is 13.8. The van der Waals surface area contributed by atoms with Crippen molar-refractivity contribution in [2.45, 2.75) is 32.5 Å². The molecule has 13 nitrogen and oxygen atoms in total. The number of ether oxygens (including phenoxy) is 3. The molecule has 1 saturated heterocycles. The maximum absolute atomic E-state index is 15.5. The Morgan fingerprint density at radius 1 is 1.04 bits per heavy atom. The smallest absolute Gasteiger partial charge is 0.412 e. The minimum atomic E-state index is -3.59. The summed E-state index contributed by atoms with van der Waals surface area (Å²) in [6.45, 7) is 3.59. The lowest BCUT2D eigenvalue weighted by atomic mass is 10.1. The molecule has 234 valence electrons. The first kappa shape index (κ1) is 30.5. The molecule has 3 aromatic heterocycles. The molecule has 0 bridgehead atoms. The van der Waals surface area contributed by atoms with Crippen LogP contribution in [0.1, 0.15) is 17.8 Å². The second-order valence-electron chi connectivity index (χ2n) is 10.5. The number of amides is 1. The number of anilines is 1. The molecule has 0 aliphatic carbocycles. The van der Waals surface area contributed by atoms with E-state index >= 15 is 4.39 Å². The highest BCUT2D eigenvalue weighted by molar-refractivity contribution is 7.88. The molecule has 4 heterocycles. The van der Waals surface area contributed by atoms with Crippen molar-refractivity contribution in [3.05, 3.63) is 60.1 Å². The highest BCUT2D eigenvalue weighted by Gasteiger charge is 2.37. The summed E-state index contributed by atoms with van der Waals surface area (Å²) in [5.74, 6) is 0.0875. The maximum atomic E-state index is 15.5. The van der Waals surface area contributed by atoms with Crippen molar-refractivity contribution in [3.63, 3.8) is 0 Å². The van der Waals surface area contributed by atoms with E-state index in [2.05, 4.69) is 30.2 Å². The molecular weight excluding hydrogens is 625 g/mol. The van der Waals surface area contributed by atoms with E-state index in [4.69, 9.17) is 14.2 Å². The van der Waals surface area contributed by atoms with Gasteiger partial charge in [-0.25, -0.2) is 42.5 Å². The number of nitrogens with one attached hydrogen (secondary N) is 1. The second kappa shape index (κ2) is 12.1. The minimum Gasteiger partial charge on any atom is -0.482 e. The molecule has 2 atom stereocenters. The van der Waals surface area contributed by atoms with Gasteiger partial charge in [-0.1, -0.05) is 0 Å². The summed E-state index contributed by atoms with van der Waals surface area (Å²) in [6.07, 6.45) is 2.92. The zero-order chi connectivity index (χ0) is 31.9. The van der Waals surface area contributed by atoms with Gasteiger partial charge in [0.2, 0.25) is 15.9 Å². The van der Waals surface area contributed by atoms with Crippen molar-refractivity contribution < 1.29 is 31.8 Å². The second-order valence-corrected chi connectivity index (χ2v) is 13.5. The van der Waals surface area contributed by atoms with E-state index < -0.39 is 34.1 Å². The molecule has 1 N–H and O–H groups in total. The van der Waals surface area contributed by atoms with Gasteiger partial charge in [0.25, 0.3) is 0 Å². The number of thiazole rings is 1. The van der Waals surface area contributed by atoms with E-state index in [1.807, 2.05) is 19.1 Å². The van der Waals surface area contributed by atoms with Crippen LogP contribution in [0.15, 0.2) is 42.9 Å². The minimum absolute atomic E-state index is 0.100. The molecule has 2 unspecified atom stereocenters. The first-order valence-corrected chi connectivity index (χ1v) is 16.4. The summed E-state index contributed by atoms with van der Waals surface area (Å²) in [4.78, 5) is 34.4. The molecule has 0 saturated carbocycles. The number of piperidine rings is 1. The van der Waals surface area contributed by atoms with Gasteiger partial charge in [0, 0.05) is 30.7 Å². The van der Waals surface area contributed by atoms with Crippen molar-refractivity contribution in [3.8, 4) is 22.2 Å². The van der Waals surface area contributed by atoms with Gasteiger partial charge < -0.3 is 14.2 Å². The lowest BCUT2D eigenvalue weighted by molar-refractivity contribution is -0.0137. The molecule has 1 aliphatic rings. The molecule has 1 amide bonds. The van der Waals surface area contributed by atoms with Crippen LogP contribution in [0.4, 0.5) is 14.9 Å². The Kier molecular flexibility index (Phi) is 8.20. The monoisotopic (exact) mass is 653 g/mol. The Morgan fingerprint density at radius 2 is 1.82 bits per heavy atom. The third-order valence-electron chi connectivity index (χ3n) is 7.14. The Morgan fingerprint density at radius 3 is 2.56 bits per heavy atom. The van der Waals surface area contributed by atoms with E-state index in [0.717, 1.165) is 17.4 Å². The quantitative estimate of drug-likeness (QED) is 0.264. The van der Waals surface area contributed by atoms with E-state index in [0.29, 0.717) is 43.6 Å². The third kappa shape index (κ3) is 6.62. The summed E-state index contributed by atoms with van der Waals surface area (Å²) in [5.41, 5.74) is 3.66. The summed E-state index contributed by atoms with van der Waals surface area (Å²) < 4.78 is 58.9. The number of aryl methyl sites for hydroxylation is 2. The maximum Gasteiger partial charge on any atom is 0.412 e. The summed E-state index contributed by atoms with van der Waals surface area (Å²) in [5, 5.41) is 3.15. The molecule has 1 fully saturated rings. The molecule has 6 rings (SSSR count). The van der Waals surface area contributed by atoms with Gasteiger partial charge in [-0.15, -0.1) is 11.3 Å². The van der Waals surface area contributed by atoms with Crippen molar-refractivity contribution >= 4 is 54.4 Å². The number of benzene rings is 2. The number of sulfonamides is 1. The number of aromatic nitrogens is 5. The first-order chi connectivity index (χ1) is 21.5. The van der Waals surface area contributed by atoms with Crippen LogP contribution >= 0.6 is 11.3 Å². The number of hydrogen-bond acceptors (Lipinski definition) is 12. The highest BCUT2D eigenvalue weighted by atomic mass is 32.2. The summed E-state index contributed by atoms with van der Waals surface area (Å²) in [6, 6.07) is 6.60. The van der Waals surface area contributed by atoms with Gasteiger partial charge in [-0.2, -0.15) is 4.31 Å². The topological polar surface area (TPSA) is 159 Å². The number of carbonyl (C=O) groups is 1. The Balaban J connectivity index is 1.29. The zero-order valence-corrected chi connectivity index (χ0v) is 26.3. The summed E-state index contributed by atoms with van der Waals surface area (Å²) >= 11 is 1.32. The molecule has 16 heteroatoms. The van der Waals surface area contributed by atoms with Crippen LogP contribution in [0, 0.1) is 19.7 Å². The van der Waals surface area contributed by atoms with Gasteiger partial charge in [0.1, 0.15) is 23.0 Å². The van der Waals surface area contributed by atoms with E-state index in [1.54, 1.807) is 6.92 Å². The fourth-order valence-electron chi connectivity index (χ4n) is 4.97. The lowest BCUT2D eigenvalue weighted by Gasteiger charge is -2.36. The predicted molar refractivity (Wildman–Crippen MR) is 166 cm³/mol. The SMILES string of the molecule is COc1cnc2c(-c3nc4cc(F)c(OC5CN(S(C)(=O)=O)CCC5OC(=O)Nc5cnc(C)nc5)cc4s3)cc(C)cc2n1. The molecule has 45 heavy (non-hydrogen) atoms. The molecule has 0 spiro atoms. The third-order valence-corrected chi connectivity index (χ3v) is 9.47. The van der Waals surface area contributed by atoms with Gasteiger partial charge in [0.05, 0.1) is 65.4 Å². The van der Waals surface area contributed by atoms with E-state index in [-0.39, 0.29) is 25.3 Å². The number of carbonyl (C=O) groups excluding carboxylic acids is 1. The summed E-state index contributed by atoms with van der Waals surface area (Å²) in [7, 11) is -2.08. The Labute approximate surface area is 261 Å². The predicted octanol–water partition coefficient (Wildman–Crippen LogP) is 4.49. The number of hydrogen-bond donors (Lipinski definition) is 1. The standard InChI is InChI=1S/C29H28FN7O6S2/c1-15-7-18(27-21(8-15)35-26(41-3)13-33-27)28-36-20-9-19(30)23(10-25(20)44-28)42-24-14-37(45(4,39)40)6-5-22(24)43-29(38)34-17-11-31-16(2)32-12-17/h7-13,22,24H,5-6,14H2,1-4H3,(H,34,38). The van der Waals surface area contributed by atoms with E-state index in [1.165, 1.54) is 53.5 Å². The Bertz CT molecular complexity index is 2020. The largest absolute Gasteiger partial charge is 0.482 e. The number of rotatable bonds is 7. The number of halogens is 1. The van der Waals surface area contributed by atoms with Crippen LogP contribution in [0.25, 0.3) is 31.8 Å². The van der Waals surface area contributed by atoms with Crippen molar-refractivity contribution in [1.29, 1.82) is 0 Å². The van der Waals surface area contributed by atoms with Gasteiger partial charge in [-0.3, -0.25) is 5.32 Å². The van der Waals surface area contributed by atoms with Crippen LogP contribution in [-0.2, 0) is 14.8 Å². The molecule has 1 aliphatic heterocycles. The molecule has 2 aromatic carbocycles. The molecule has 5 aromatic rings. The van der Waals surface area contributed by atoms with Gasteiger partial charge in [0.15, 0.2) is 11.6 Å². The highest BCUT2D eigenvalue weighted by Crippen LogP contribution is 2.37. The normalized spacial score (nSPS) is 17.4. The van der Waals surface area contributed by atoms with Crippen LogP contribution in [-0.4, -0.2) is 82.4 Å². The Hall–Kier alpha value is -4.54. The number of methoxy groups -OCH3 is 1. The lowest BCUT2D eigenvalue weighted by Crippen LogP contribution is -2.52. The average molecular weight is 654 g/mol. The van der Waals surface area contributed by atoms with E-state index in [9.17, 15) is 13.2 Å². The van der Waals surface area contributed by atoms with Crippen LogP contribution in [0.3, 0.4) is 0 Å². The van der Waals surface area contributed by atoms with Crippen LogP contribution in [0.5, 0.6) is 11.6 Å². The van der Waals surface area contributed by atoms with Crippen LogP contribution in [0.2, 0.25) is 0 Å². The van der Waals surface area contributed by atoms with Gasteiger partial charge >= 0.3 is 6.09 Å². The number of fused-ring (bicyclic) bond motifs is 2. The number of nitrogens with zero attached hydrogens (tertiary/aromatic N) is 6. The van der Waals surface area contributed by atoms with Crippen molar-refractivity contribution in [2.24, 2.45) is 0 Å². The fraction of sp³-hybridized carbons (Fsp3) is 0.310. The molecule has 0 radical (unpaired) electrons. The average Bonchev–Trinajstić information content (AvgIpc) is 3.40.